The lowest BCUT2D eigenvalue weighted by atomic mass is 10.0. The van der Waals surface area contributed by atoms with E-state index < -0.39 is 17.6 Å². The average molecular weight is 255 g/mol. The molecule has 0 unspecified atom stereocenters. The van der Waals surface area contributed by atoms with Crippen LogP contribution in [0.1, 0.15) is 10.4 Å². The lowest BCUT2D eigenvalue weighted by Crippen LogP contribution is -2.01. The van der Waals surface area contributed by atoms with E-state index in [0.717, 1.165) is 17.4 Å². The normalized spacial score (nSPS) is 10.5. The fourth-order valence-corrected chi connectivity index (χ4v) is 2.30. The molecule has 0 bridgehead atoms. The van der Waals surface area contributed by atoms with E-state index in [2.05, 4.69) is 0 Å². The SMILES string of the molecule is Nc1scc(-c2ccc(F)cc2F)c1C(=O)O. The number of rotatable bonds is 2. The molecular formula is C11H7F2NO2S. The largest absolute Gasteiger partial charge is 0.478 e. The summed E-state index contributed by atoms with van der Waals surface area (Å²) < 4.78 is 26.3. The van der Waals surface area contributed by atoms with Gasteiger partial charge in [-0.05, 0) is 12.1 Å². The molecule has 3 N–H and O–H groups in total. The molecule has 0 fully saturated rings. The molecule has 2 rings (SSSR count). The molecule has 88 valence electrons. The standard InChI is InChI=1S/C11H7F2NO2S/c12-5-1-2-6(8(13)3-5)7-4-17-10(14)9(7)11(15)16/h1-4H,14H2,(H,15,16). The van der Waals surface area contributed by atoms with Crippen LogP contribution in [-0.4, -0.2) is 11.1 Å². The van der Waals surface area contributed by atoms with Gasteiger partial charge >= 0.3 is 5.97 Å². The lowest BCUT2D eigenvalue weighted by molar-refractivity contribution is 0.0699. The Kier molecular flexibility index (Phi) is 2.81. The van der Waals surface area contributed by atoms with Crippen molar-refractivity contribution in [3.05, 3.63) is 40.8 Å². The van der Waals surface area contributed by atoms with Crippen LogP contribution in [0.4, 0.5) is 13.8 Å². The smallest absolute Gasteiger partial charge is 0.339 e. The maximum Gasteiger partial charge on any atom is 0.339 e. The number of benzene rings is 1. The Morgan fingerprint density at radius 1 is 1.29 bits per heavy atom. The molecule has 0 aliphatic heterocycles. The molecule has 2 aromatic rings. The second-order valence-electron chi connectivity index (χ2n) is 3.32. The van der Waals surface area contributed by atoms with E-state index in [1.165, 1.54) is 11.4 Å². The second kappa shape index (κ2) is 4.14. The maximum atomic E-state index is 13.5. The van der Waals surface area contributed by atoms with Crippen molar-refractivity contribution in [2.75, 3.05) is 5.73 Å². The van der Waals surface area contributed by atoms with Crippen LogP contribution in [0.5, 0.6) is 0 Å². The van der Waals surface area contributed by atoms with Crippen molar-refractivity contribution in [1.82, 2.24) is 0 Å². The van der Waals surface area contributed by atoms with Crippen LogP contribution < -0.4 is 5.73 Å². The molecule has 0 saturated carbocycles. The minimum Gasteiger partial charge on any atom is -0.478 e. The summed E-state index contributed by atoms with van der Waals surface area (Å²) in [4.78, 5) is 11.0. The molecule has 0 amide bonds. The first-order chi connectivity index (χ1) is 8.00. The zero-order chi connectivity index (χ0) is 12.6. The molecule has 1 aromatic heterocycles. The lowest BCUT2D eigenvalue weighted by Gasteiger charge is -2.03. The Morgan fingerprint density at radius 3 is 2.59 bits per heavy atom. The highest BCUT2D eigenvalue weighted by Crippen LogP contribution is 2.35. The van der Waals surface area contributed by atoms with Gasteiger partial charge in [-0.3, -0.25) is 0 Å². The molecule has 0 aliphatic carbocycles. The van der Waals surface area contributed by atoms with E-state index in [9.17, 15) is 13.6 Å². The summed E-state index contributed by atoms with van der Waals surface area (Å²) in [5, 5.41) is 10.5. The van der Waals surface area contributed by atoms with Crippen molar-refractivity contribution in [3.8, 4) is 11.1 Å². The zero-order valence-electron chi connectivity index (χ0n) is 8.41. The van der Waals surface area contributed by atoms with E-state index in [1.54, 1.807) is 0 Å². The number of hydrogen-bond donors (Lipinski definition) is 2. The van der Waals surface area contributed by atoms with Gasteiger partial charge in [-0.1, -0.05) is 0 Å². The molecule has 17 heavy (non-hydrogen) atoms. The van der Waals surface area contributed by atoms with Gasteiger partial charge in [-0.15, -0.1) is 11.3 Å². The molecular weight excluding hydrogens is 248 g/mol. The predicted octanol–water partition coefficient (Wildman–Crippen LogP) is 2.97. The van der Waals surface area contributed by atoms with Crippen LogP contribution in [-0.2, 0) is 0 Å². The summed E-state index contributed by atoms with van der Waals surface area (Å²) in [6.07, 6.45) is 0. The summed E-state index contributed by atoms with van der Waals surface area (Å²) >= 11 is 1.00. The molecule has 0 aliphatic rings. The van der Waals surface area contributed by atoms with Gasteiger partial charge in [0.15, 0.2) is 0 Å². The van der Waals surface area contributed by atoms with Gasteiger partial charge in [0.05, 0.1) is 0 Å². The predicted molar refractivity (Wildman–Crippen MR) is 61.0 cm³/mol. The molecule has 0 spiro atoms. The van der Waals surface area contributed by atoms with Crippen LogP contribution in [0.2, 0.25) is 0 Å². The van der Waals surface area contributed by atoms with Crippen LogP contribution in [0.3, 0.4) is 0 Å². The van der Waals surface area contributed by atoms with E-state index >= 15 is 0 Å². The third-order valence-electron chi connectivity index (χ3n) is 2.25. The minimum atomic E-state index is -1.23. The quantitative estimate of drug-likeness (QED) is 0.867. The summed E-state index contributed by atoms with van der Waals surface area (Å²) in [6, 6.07) is 2.96. The van der Waals surface area contributed by atoms with Gasteiger partial charge in [0.1, 0.15) is 22.2 Å². The van der Waals surface area contributed by atoms with Crippen molar-refractivity contribution < 1.29 is 18.7 Å². The maximum absolute atomic E-state index is 13.5. The Labute approximate surface area is 99.1 Å². The number of aromatic carboxylic acids is 1. The van der Waals surface area contributed by atoms with E-state index in [4.69, 9.17) is 10.8 Å². The van der Waals surface area contributed by atoms with E-state index in [-0.39, 0.29) is 21.7 Å². The van der Waals surface area contributed by atoms with Crippen LogP contribution in [0.25, 0.3) is 11.1 Å². The Bertz CT molecular complexity index is 595. The number of thiophene rings is 1. The minimum absolute atomic E-state index is 0.0248. The van der Waals surface area contributed by atoms with E-state index in [1.807, 2.05) is 0 Å². The van der Waals surface area contributed by atoms with Crippen LogP contribution in [0, 0.1) is 11.6 Å². The second-order valence-corrected chi connectivity index (χ2v) is 4.23. The average Bonchev–Trinajstić information content (AvgIpc) is 2.60. The van der Waals surface area contributed by atoms with Crippen molar-refractivity contribution >= 4 is 22.3 Å². The molecule has 0 atom stereocenters. The molecule has 3 nitrogen and oxygen atoms in total. The van der Waals surface area contributed by atoms with Crippen molar-refractivity contribution in [2.24, 2.45) is 0 Å². The van der Waals surface area contributed by atoms with Gasteiger partial charge in [0, 0.05) is 22.6 Å². The highest BCUT2D eigenvalue weighted by Gasteiger charge is 2.20. The fraction of sp³-hybridized carbons (Fsp3) is 0. The van der Waals surface area contributed by atoms with E-state index in [0.29, 0.717) is 6.07 Å². The molecule has 0 radical (unpaired) electrons. The molecule has 6 heteroatoms. The van der Waals surface area contributed by atoms with Crippen molar-refractivity contribution in [1.29, 1.82) is 0 Å². The summed E-state index contributed by atoms with van der Waals surface area (Å²) in [6.45, 7) is 0. The first-order valence-electron chi connectivity index (χ1n) is 4.56. The summed E-state index contributed by atoms with van der Waals surface area (Å²) in [7, 11) is 0. The monoisotopic (exact) mass is 255 g/mol. The number of halogens is 2. The van der Waals surface area contributed by atoms with Crippen molar-refractivity contribution in [3.63, 3.8) is 0 Å². The highest BCUT2D eigenvalue weighted by molar-refractivity contribution is 7.14. The Hall–Kier alpha value is -1.95. The number of hydrogen-bond acceptors (Lipinski definition) is 3. The van der Waals surface area contributed by atoms with Crippen LogP contribution in [0.15, 0.2) is 23.6 Å². The number of carboxylic acids is 1. The van der Waals surface area contributed by atoms with Crippen molar-refractivity contribution in [2.45, 2.75) is 0 Å². The number of anilines is 1. The molecule has 1 heterocycles. The fourth-order valence-electron chi connectivity index (χ4n) is 1.50. The number of carbonyl (C=O) groups is 1. The Morgan fingerprint density at radius 2 is 2.00 bits per heavy atom. The van der Waals surface area contributed by atoms with Gasteiger partial charge < -0.3 is 10.8 Å². The first kappa shape index (κ1) is 11.5. The number of carboxylic acid groups (broad SMARTS) is 1. The molecule has 1 aromatic carbocycles. The van der Waals surface area contributed by atoms with Gasteiger partial charge in [-0.25, -0.2) is 13.6 Å². The topological polar surface area (TPSA) is 63.3 Å². The summed E-state index contributed by atoms with van der Waals surface area (Å²) in [5.74, 6) is -2.76. The number of nitrogen functional groups attached to an aromatic ring is 1. The van der Waals surface area contributed by atoms with Crippen LogP contribution >= 0.6 is 11.3 Å². The van der Waals surface area contributed by atoms with Gasteiger partial charge in [0.25, 0.3) is 0 Å². The summed E-state index contributed by atoms with van der Waals surface area (Å²) in [5.41, 5.74) is 5.54. The molecule has 0 saturated heterocycles. The zero-order valence-corrected chi connectivity index (χ0v) is 9.22. The third-order valence-corrected chi connectivity index (χ3v) is 3.07. The Balaban J connectivity index is 2.65. The highest BCUT2D eigenvalue weighted by atomic mass is 32.1. The van der Waals surface area contributed by atoms with Gasteiger partial charge in [0.2, 0.25) is 0 Å². The van der Waals surface area contributed by atoms with Gasteiger partial charge in [-0.2, -0.15) is 0 Å². The number of nitrogens with two attached hydrogens (primary N) is 1. The first-order valence-corrected chi connectivity index (χ1v) is 5.44. The third kappa shape index (κ3) is 1.99.